The Labute approximate surface area is 231 Å². The molecule has 3 aromatic rings. The molecule has 1 aliphatic heterocycles. The summed E-state index contributed by atoms with van der Waals surface area (Å²) in [6, 6.07) is 14.9. The number of thioether (sulfide) groups is 1. The highest BCUT2D eigenvalue weighted by atomic mass is 35.5. The van der Waals surface area contributed by atoms with Crippen LogP contribution >= 0.6 is 34.7 Å². The minimum absolute atomic E-state index is 0.0771. The third kappa shape index (κ3) is 5.03. The molecule has 0 saturated heterocycles. The van der Waals surface area contributed by atoms with Crippen LogP contribution in [0.25, 0.3) is 0 Å². The van der Waals surface area contributed by atoms with Crippen molar-refractivity contribution in [2.75, 3.05) is 16.0 Å². The minimum atomic E-state index is -0.685. The zero-order valence-electron chi connectivity index (χ0n) is 19.8. The van der Waals surface area contributed by atoms with E-state index < -0.39 is 11.7 Å². The Morgan fingerprint density at radius 1 is 1.24 bits per heavy atom. The molecule has 0 fully saturated rings. The van der Waals surface area contributed by atoms with Crippen LogP contribution in [0.5, 0.6) is 0 Å². The summed E-state index contributed by atoms with van der Waals surface area (Å²) in [5.74, 6) is -1.21. The monoisotopic (exact) mass is 566 g/mol. The highest BCUT2D eigenvalue weighted by Gasteiger charge is 2.41. The third-order valence-corrected chi connectivity index (χ3v) is 8.55. The van der Waals surface area contributed by atoms with E-state index in [4.69, 9.17) is 17.3 Å². The van der Waals surface area contributed by atoms with E-state index in [1.807, 2.05) is 0 Å². The van der Waals surface area contributed by atoms with E-state index in [9.17, 15) is 19.2 Å². The first-order valence-electron chi connectivity index (χ1n) is 11.6. The number of rotatable bonds is 6. The molecule has 2 heterocycles. The summed E-state index contributed by atoms with van der Waals surface area (Å²) in [4.78, 5) is 27.2. The number of ketones is 1. The van der Waals surface area contributed by atoms with Crippen LogP contribution in [0.2, 0.25) is 5.02 Å². The molecule has 5 rings (SSSR count). The number of aromatic nitrogens is 2. The van der Waals surface area contributed by atoms with Gasteiger partial charge >= 0.3 is 0 Å². The standard InChI is InChI=1S/C26H20ClFN6O2S2/c27-17-4-1-2-5-18(17)31-21(36)13-37-26-33-32-25(38-26)34-19-6-3-7-20(35)23(19)22(16(12-29)24(34)30)14-8-10-15(28)11-9-14/h1-2,4-5,8-11,22H,3,6-7,13,30H2,(H,31,36). The summed E-state index contributed by atoms with van der Waals surface area (Å²) in [6.45, 7) is 0. The van der Waals surface area contributed by atoms with Crippen LogP contribution in [-0.2, 0) is 9.59 Å². The molecule has 1 amide bonds. The van der Waals surface area contributed by atoms with Crippen LogP contribution in [0.1, 0.15) is 30.7 Å². The molecule has 1 aliphatic carbocycles. The smallest absolute Gasteiger partial charge is 0.234 e. The Morgan fingerprint density at radius 2 is 2.00 bits per heavy atom. The van der Waals surface area contributed by atoms with Gasteiger partial charge in [0.15, 0.2) is 10.1 Å². The lowest BCUT2D eigenvalue weighted by atomic mass is 9.76. The molecule has 1 atom stereocenters. The SMILES string of the molecule is N#CC1=C(N)N(c2nnc(SCC(=O)Nc3ccccc3Cl)s2)C2=C(C(=O)CCC2)C1c1ccc(F)cc1. The predicted octanol–water partition coefficient (Wildman–Crippen LogP) is 5.37. The van der Waals surface area contributed by atoms with E-state index in [1.54, 1.807) is 41.3 Å². The van der Waals surface area contributed by atoms with Crippen LogP contribution in [0.3, 0.4) is 0 Å². The Hall–Kier alpha value is -3.72. The molecular formula is C26H20ClFN6O2S2. The van der Waals surface area contributed by atoms with E-state index in [-0.39, 0.29) is 28.8 Å². The van der Waals surface area contributed by atoms with Crippen LogP contribution in [-0.4, -0.2) is 27.6 Å². The van der Waals surface area contributed by atoms with Gasteiger partial charge in [-0.05, 0) is 42.7 Å². The Bertz CT molecular complexity index is 1530. The number of hydrogen-bond acceptors (Lipinski definition) is 9. The molecule has 2 aliphatic rings. The number of anilines is 2. The fourth-order valence-corrected chi connectivity index (χ4v) is 6.38. The van der Waals surface area contributed by atoms with Crippen molar-refractivity contribution in [3.63, 3.8) is 0 Å². The van der Waals surface area contributed by atoms with Crippen LogP contribution in [0, 0.1) is 17.1 Å². The molecule has 0 bridgehead atoms. The molecule has 1 unspecified atom stereocenters. The second kappa shape index (κ2) is 10.9. The van der Waals surface area contributed by atoms with Crippen molar-refractivity contribution in [1.29, 1.82) is 5.26 Å². The van der Waals surface area contributed by atoms with Crippen molar-refractivity contribution in [2.24, 2.45) is 5.73 Å². The predicted molar refractivity (Wildman–Crippen MR) is 145 cm³/mol. The summed E-state index contributed by atoms with van der Waals surface area (Å²) in [5, 5.41) is 22.1. The Balaban J connectivity index is 1.42. The van der Waals surface area contributed by atoms with Crippen molar-refractivity contribution < 1.29 is 14.0 Å². The summed E-state index contributed by atoms with van der Waals surface area (Å²) >= 11 is 8.51. The maximum absolute atomic E-state index is 13.6. The fourth-order valence-electron chi connectivity index (χ4n) is 4.52. The number of carbonyl (C=O) groups is 2. The van der Waals surface area contributed by atoms with Crippen molar-refractivity contribution in [3.05, 3.63) is 87.6 Å². The lowest BCUT2D eigenvalue weighted by Crippen LogP contribution is -2.38. The van der Waals surface area contributed by atoms with Crippen LogP contribution < -0.4 is 16.0 Å². The van der Waals surface area contributed by atoms with Gasteiger partial charge in [-0.25, -0.2) is 4.39 Å². The number of nitrogens with zero attached hydrogens (tertiary/aromatic N) is 4. The van der Waals surface area contributed by atoms with Gasteiger partial charge in [0.05, 0.1) is 34.0 Å². The van der Waals surface area contributed by atoms with Gasteiger partial charge in [0.2, 0.25) is 11.0 Å². The van der Waals surface area contributed by atoms with Gasteiger partial charge in [0.25, 0.3) is 0 Å². The number of allylic oxidation sites excluding steroid dienone is 3. The van der Waals surface area contributed by atoms with Crippen molar-refractivity contribution in [2.45, 2.75) is 29.5 Å². The maximum Gasteiger partial charge on any atom is 0.234 e. The van der Waals surface area contributed by atoms with E-state index in [0.29, 0.717) is 56.3 Å². The summed E-state index contributed by atoms with van der Waals surface area (Å²) < 4.78 is 14.1. The first-order chi connectivity index (χ1) is 18.4. The Kier molecular flexibility index (Phi) is 7.46. The van der Waals surface area contributed by atoms with Crippen LogP contribution in [0.4, 0.5) is 15.2 Å². The highest BCUT2D eigenvalue weighted by molar-refractivity contribution is 8.01. The lowest BCUT2D eigenvalue weighted by Gasteiger charge is -2.38. The average molecular weight is 567 g/mol. The largest absolute Gasteiger partial charge is 0.384 e. The zero-order chi connectivity index (χ0) is 26.8. The van der Waals surface area contributed by atoms with Gasteiger partial charge in [-0.3, -0.25) is 14.5 Å². The number of nitrogens with one attached hydrogen (secondary N) is 1. The van der Waals surface area contributed by atoms with Gasteiger partial charge in [0, 0.05) is 17.7 Å². The molecule has 0 saturated carbocycles. The first kappa shape index (κ1) is 25.9. The van der Waals surface area contributed by atoms with Gasteiger partial charge in [-0.1, -0.05) is 59.0 Å². The number of carbonyl (C=O) groups excluding carboxylic acids is 2. The van der Waals surface area contributed by atoms with Crippen molar-refractivity contribution in [3.8, 4) is 6.07 Å². The van der Waals surface area contributed by atoms with E-state index >= 15 is 0 Å². The number of Topliss-reactive ketones (excluding diaryl/α,β-unsaturated/α-hetero) is 1. The fraction of sp³-hybridized carbons (Fsp3) is 0.192. The summed E-state index contributed by atoms with van der Waals surface area (Å²) in [7, 11) is 0. The highest BCUT2D eigenvalue weighted by Crippen LogP contribution is 2.47. The number of nitrogens with two attached hydrogens (primary N) is 1. The van der Waals surface area contributed by atoms with Crippen molar-refractivity contribution in [1.82, 2.24) is 10.2 Å². The molecule has 3 N–H and O–H groups in total. The molecular weight excluding hydrogens is 547 g/mol. The maximum atomic E-state index is 13.6. The molecule has 8 nitrogen and oxygen atoms in total. The topological polar surface area (TPSA) is 125 Å². The number of benzene rings is 2. The second-order valence-electron chi connectivity index (χ2n) is 8.54. The summed E-state index contributed by atoms with van der Waals surface area (Å²) in [5.41, 5.74) is 8.98. The molecule has 0 radical (unpaired) electrons. The molecule has 12 heteroatoms. The zero-order valence-corrected chi connectivity index (χ0v) is 22.2. The van der Waals surface area contributed by atoms with Gasteiger partial charge in [-0.15, -0.1) is 10.2 Å². The van der Waals surface area contributed by atoms with Crippen molar-refractivity contribution >= 4 is 57.2 Å². The number of amides is 1. The Morgan fingerprint density at radius 3 is 2.74 bits per heavy atom. The normalized spacial score (nSPS) is 17.3. The molecule has 1 aromatic heterocycles. The molecule has 2 aromatic carbocycles. The molecule has 38 heavy (non-hydrogen) atoms. The molecule has 0 spiro atoms. The minimum Gasteiger partial charge on any atom is -0.384 e. The average Bonchev–Trinajstić information content (AvgIpc) is 3.37. The second-order valence-corrected chi connectivity index (χ2v) is 11.1. The number of para-hydroxylation sites is 1. The van der Waals surface area contributed by atoms with Gasteiger partial charge < -0.3 is 11.1 Å². The van der Waals surface area contributed by atoms with Gasteiger partial charge in [-0.2, -0.15) is 5.26 Å². The quantitative estimate of drug-likeness (QED) is 0.382. The first-order valence-corrected chi connectivity index (χ1v) is 13.8. The van der Waals surface area contributed by atoms with Crippen LogP contribution in [0.15, 0.2) is 75.5 Å². The summed E-state index contributed by atoms with van der Waals surface area (Å²) in [6.07, 6.45) is 1.53. The van der Waals surface area contributed by atoms with E-state index in [0.717, 1.165) is 0 Å². The van der Waals surface area contributed by atoms with E-state index in [1.165, 1.54) is 35.2 Å². The number of nitriles is 1. The van der Waals surface area contributed by atoms with Gasteiger partial charge in [0.1, 0.15) is 11.6 Å². The lowest BCUT2D eigenvalue weighted by molar-refractivity contribution is -0.116. The van der Waals surface area contributed by atoms with E-state index in [2.05, 4.69) is 21.6 Å². The number of halogens is 2. The third-order valence-electron chi connectivity index (χ3n) is 6.18. The molecule has 192 valence electrons. The number of hydrogen-bond donors (Lipinski definition) is 2.